The maximum absolute atomic E-state index is 14.4. The molecule has 10 heteroatoms. The number of carbonyl (C=O) groups is 2. The minimum Gasteiger partial charge on any atom is -0.483 e. The second-order valence-corrected chi connectivity index (χ2v) is 16.2. The third kappa shape index (κ3) is 10.0. The van der Waals surface area contributed by atoms with Gasteiger partial charge in [-0.25, -0.2) is 9.59 Å². The minimum absolute atomic E-state index is 0.0811. The number of benzene rings is 4. The largest absolute Gasteiger partial charge is 0.483 e. The highest BCUT2D eigenvalue weighted by molar-refractivity contribution is 5.90. The van der Waals surface area contributed by atoms with Gasteiger partial charge in [0.25, 0.3) is 0 Å². The first-order valence-electron chi connectivity index (χ1n) is 20.4. The van der Waals surface area contributed by atoms with E-state index in [2.05, 4.69) is 60.7 Å². The normalized spacial score (nSPS) is 20.3. The van der Waals surface area contributed by atoms with E-state index in [4.69, 9.17) is 28.5 Å². The Balaban J connectivity index is 1.25. The van der Waals surface area contributed by atoms with Crippen LogP contribution >= 0.6 is 0 Å². The zero-order valence-electron chi connectivity index (χ0n) is 33.9. The monoisotopic (exact) mass is 800 g/mol. The van der Waals surface area contributed by atoms with Gasteiger partial charge in [-0.15, -0.1) is 0 Å². The zero-order chi connectivity index (χ0) is 41.5. The molecule has 0 spiro atoms. The molecule has 2 N–H and O–H groups in total. The van der Waals surface area contributed by atoms with E-state index in [1.165, 1.54) is 16.7 Å². The third-order valence-electron chi connectivity index (χ3n) is 11.4. The van der Waals surface area contributed by atoms with Crippen molar-refractivity contribution in [3.05, 3.63) is 158 Å². The van der Waals surface area contributed by atoms with Crippen LogP contribution in [-0.4, -0.2) is 53.9 Å². The Bertz CT molecular complexity index is 2360. The number of hydrogen-bond acceptors (Lipinski definition) is 10. The second kappa shape index (κ2) is 18.6. The smallest absolute Gasteiger partial charge is 0.339 e. The van der Waals surface area contributed by atoms with Crippen LogP contribution in [0.2, 0.25) is 0 Å². The van der Waals surface area contributed by atoms with Gasteiger partial charge < -0.3 is 33.6 Å². The van der Waals surface area contributed by atoms with Gasteiger partial charge in [0.1, 0.15) is 23.7 Å². The molecule has 1 aromatic heterocycles. The quantitative estimate of drug-likeness (QED) is 0.0475. The predicted octanol–water partition coefficient (Wildman–Crippen LogP) is 7.70. The van der Waals surface area contributed by atoms with Crippen molar-refractivity contribution < 1.29 is 43.2 Å². The van der Waals surface area contributed by atoms with Crippen LogP contribution in [0, 0.1) is 5.92 Å². The minimum atomic E-state index is -1.21. The van der Waals surface area contributed by atoms with Crippen LogP contribution in [-0.2, 0) is 55.9 Å². The first kappa shape index (κ1) is 41.6. The standard InChI is InChI=1S/C49H52O10/c1-31(29-50)40-20-18-32-12-14-35(15-13-32)26-37(17-16-34-10-7-11-36(25-34)24-33-8-5-4-6-9-33)27-42(52)56-45-43-41(59-49(2,3)46(45)58-48(40)54)21-19-38-28-39(22-23-55-30-51)47(53)57-44(38)43/h4-15,19,21,25,28,37,45-46,50-51H,16-18,20,22-24,26-27,29-30H2,1-3H3. The van der Waals surface area contributed by atoms with E-state index in [0.29, 0.717) is 47.1 Å². The highest BCUT2D eigenvalue weighted by Gasteiger charge is 2.50. The molecule has 2 bridgehead atoms. The number of aliphatic hydroxyl groups is 2. The van der Waals surface area contributed by atoms with Gasteiger partial charge >= 0.3 is 17.6 Å². The summed E-state index contributed by atoms with van der Waals surface area (Å²) in [5.41, 5.74) is 5.52. The number of aliphatic hydroxyl groups excluding tert-OH is 2. The molecule has 3 atom stereocenters. The first-order valence-corrected chi connectivity index (χ1v) is 20.4. The van der Waals surface area contributed by atoms with Crippen LogP contribution in [0.1, 0.15) is 85.1 Å². The lowest BCUT2D eigenvalue weighted by molar-refractivity contribution is -0.188. The molecule has 3 aliphatic rings. The number of fused-ring (bicyclic) bond motifs is 13. The van der Waals surface area contributed by atoms with Crippen molar-refractivity contribution in [1.29, 1.82) is 0 Å². The van der Waals surface area contributed by atoms with Gasteiger partial charge in [-0.05, 0) is 117 Å². The van der Waals surface area contributed by atoms with Crippen molar-refractivity contribution in [3.8, 4) is 5.75 Å². The first-order chi connectivity index (χ1) is 28.5. The molecular formula is C49H52O10. The Morgan fingerprint density at radius 2 is 1.54 bits per heavy atom. The van der Waals surface area contributed by atoms with E-state index >= 15 is 0 Å². The second-order valence-electron chi connectivity index (χ2n) is 16.2. The van der Waals surface area contributed by atoms with Crippen LogP contribution in [0.5, 0.6) is 5.75 Å². The Kier molecular flexibility index (Phi) is 13.1. The molecular weight excluding hydrogens is 749 g/mol. The van der Waals surface area contributed by atoms with Crippen molar-refractivity contribution in [1.82, 2.24) is 0 Å². The fourth-order valence-electron chi connectivity index (χ4n) is 8.21. The summed E-state index contributed by atoms with van der Waals surface area (Å²) in [5.74, 6) is -0.920. The van der Waals surface area contributed by atoms with Gasteiger partial charge in [0, 0.05) is 29.4 Å². The molecule has 0 amide bonds. The van der Waals surface area contributed by atoms with Crippen LogP contribution in [0.15, 0.2) is 117 Å². The molecule has 3 aliphatic heterocycles. The molecule has 0 aliphatic carbocycles. The summed E-state index contributed by atoms with van der Waals surface area (Å²) >= 11 is 0. The van der Waals surface area contributed by atoms with Gasteiger partial charge in [0.05, 0.1) is 18.8 Å². The average Bonchev–Trinajstić information content (AvgIpc) is 3.22. The van der Waals surface area contributed by atoms with Crippen molar-refractivity contribution in [3.63, 3.8) is 0 Å². The number of esters is 2. The number of carbonyl (C=O) groups excluding carboxylic acids is 2. The van der Waals surface area contributed by atoms with Crippen LogP contribution in [0.4, 0.5) is 0 Å². The lowest BCUT2D eigenvalue weighted by Crippen LogP contribution is -2.52. The van der Waals surface area contributed by atoms with Gasteiger partial charge in [-0.1, -0.05) is 78.9 Å². The van der Waals surface area contributed by atoms with Crippen molar-refractivity contribution >= 4 is 22.9 Å². The molecule has 8 rings (SSSR count). The summed E-state index contributed by atoms with van der Waals surface area (Å²) in [6.07, 6.45) is 1.71. The van der Waals surface area contributed by atoms with Crippen molar-refractivity contribution in [2.24, 2.45) is 5.92 Å². The molecule has 0 saturated heterocycles. The van der Waals surface area contributed by atoms with Crippen molar-refractivity contribution in [2.75, 3.05) is 20.0 Å². The Morgan fingerprint density at radius 3 is 2.31 bits per heavy atom. The van der Waals surface area contributed by atoms with Crippen LogP contribution < -0.4 is 10.4 Å². The SMILES string of the molecule is CC(CO)=C1CCc2ccc(cc2)CC(CCc2cccc(Cc3ccccc3)c2)CC(=O)OC2c3c(ccc4cc(CCOCO)c(=O)oc34)OC(C)(C)C2OC1=O. The van der Waals surface area contributed by atoms with E-state index in [0.717, 1.165) is 30.4 Å². The Labute approximate surface area is 344 Å². The fourth-order valence-corrected chi connectivity index (χ4v) is 8.21. The maximum Gasteiger partial charge on any atom is 0.339 e. The van der Waals surface area contributed by atoms with Crippen LogP contribution in [0.3, 0.4) is 0 Å². The highest BCUT2D eigenvalue weighted by atomic mass is 16.6. The predicted molar refractivity (Wildman–Crippen MR) is 223 cm³/mol. The average molecular weight is 801 g/mol. The number of hydrogen-bond donors (Lipinski definition) is 2. The topological polar surface area (TPSA) is 142 Å². The highest BCUT2D eigenvalue weighted by Crippen LogP contribution is 2.47. The number of ether oxygens (including phenoxy) is 4. The molecule has 4 heterocycles. The summed E-state index contributed by atoms with van der Waals surface area (Å²) in [6.45, 7) is 4.51. The van der Waals surface area contributed by atoms with Gasteiger partial charge in [-0.2, -0.15) is 0 Å². The Morgan fingerprint density at radius 1 is 0.797 bits per heavy atom. The summed E-state index contributed by atoms with van der Waals surface area (Å²) in [4.78, 5) is 42.0. The summed E-state index contributed by atoms with van der Waals surface area (Å²) in [6, 6.07) is 32.4. The molecule has 4 aromatic carbocycles. The number of aryl methyl sites for hydroxylation is 2. The Hall–Kier alpha value is -5.55. The molecule has 0 fully saturated rings. The van der Waals surface area contributed by atoms with Crippen molar-refractivity contribution in [2.45, 2.75) is 89.9 Å². The summed E-state index contributed by atoms with van der Waals surface area (Å²) < 4.78 is 30.3. The summed E-state index contributed by atoms with van der Waals surface area (Å²) in [7, 11) is 0. The summed E-state index contributed by atoms with van der Waals surface area (Å²) in [5, 5.41) is 19.8. The number of rotatable bonds is 10. The molecule has 0 radical (unpaired) electrons. The van der Waals surface area contributed by atoms with E-state index in [9.17, 15) is 19.5 Å². The lowest BCUT2D eigenvalue weighted by Gasteiger charge is -2.43. The fraction of sp³-hybridized carbons (Fsp3) is 0.367. The maximum atomic E-state index is 14.4. The molecule has 308 valence electrons. The van der Waals surface area contributed by atoms with E-state index < -0.39 is 42.2 Å². The molecule has 10 nitrogen and oxygen atoms in total. The lowest BCUT2D eigenvalue weighted by atomic mass is 9.86. The van der Waals surface area contributed by atoms with Gasteiger partial charge in [0.15, 0.2) is 12.2 Å². The van der Waals surface area contributed by atoms with E-state index in [-0.39, 0.29) is 43.1 Å². The van der Waals surface area contributed by atoms with E-state index in [1.807, 2.05) is 18.2 Å². The van der Waals surface area contributed by atoms with Crippen LogP contribution in [0.25, 0.3) is 11.0 Å². The molecule has 0 saturated carbocycles. The van der Waals surface area contributed by atoms with Gasteiger partial charge in [0.2, 0.25) is 0 Å². The van der Waals surface area contributed by atoms with Gasteiger partial charge in [-0.3, -0.25) is 4.79 Å². The van der Waals surface area contributed by atoms with E-state index in [1.54, 1.807) is 39.0 Å². The molecule has 3 unspecified atom stereocenters. The molecule has 5 aromatic rings. The molecule has 59 heavy (non-hydrogen) atoms. The zero-order valence-corrected chi connectivity index (χ0v) is 33.9. The third-order valence-corrected chi connectivity index (χ3v) is 11.4.